The number of carbonyl (C=O) groups is 1. The standard InChI is InChI=1S/C23H22N6O2/c1-31-20-7-5-18(6-8-20)27-23-25-11-9-21(28-23)29-12-10-19(15-29)26-22(30)17-4-2-3-16(13-17)14-24/h2-9,11,13,19H,10,12,15H2,1H3,(H,26,30)(H,25,27,28). The first-order valence-electron chi connectivity index (χ1n) is 9.95. The third-order valence-corrected chi connectivity index (χ3v) is 5.09. The van der Waals surface area contributed by atoms with Crippen molar-refractivity contribution < 1.29 is 9.53 Å². The van der Waals surface area contributed by atoms with Gasteiger partial charge < -0.3 is 20.3 Å². The van der Waals surface area contributed by atoms with Crippen molar-refractivity contribution >= 4 is 23.4 Å². The number of rotatable bonds is 6. The van der Waals surface area contributed by atoms with Gasteiger partial charge in [0.1, 0.15) is 11.6 Å². The van der Waals surface area contributed by atoms with Gasteiger partial charge in [-0.3, -0.25) is 4.79 Å². The van der Waals surface area contributed by atoms with E-state index in [1.807, 2.05) is 30.3 Å². The van der Waals surface area contributed by atoms with Crippen molar-refractivity contribution in [3.05, 3.63) is 71.9 Å². The molecule has 1 aromatic heterocycles. The molecule has 8 nitrogen and oxygen atoms in total. The van der Waals surface area contributed by atoms with E-state index in [0.717, 1.165) is 30.2 Å². The lowest BCUT2D eigenvalue weighted by molar-refractivity contribution is 0.0940. The summed E-state index contributed by atoms with van der Waals surface area (Å²) in [5.74, 6) is 1.91. The molecule has 31 heavy (non-hydrogen) atoms. The zero-order valence-corrected chi connectivity index (χ0v) is 17.1. The molecule has 0 spiro atoms. The molecule has 0 radical (unpaired) electrons. The number of ether oxygens (including phenoxy) is 1. The van der Waals surface area contributed by atoms with E-state index >= 15 is 0 Å². The average Bonchev–Trinajstić information content (AvgIpc) is 3.28. The molecule has 2 N–H and O–H groups in total. The van der Waals surface area contributed by atoms with Gasteiger partial charge >= 0.3 is 0 Å². The number of anilines is 3. The first kappa shape index (κ1) is 20.2. The highest BCUT2D eigenvalue weighted by molar-refractivity contribution is 5.94. The quantitative estimate of drug-likeness (QED) is 0.639. The van der Waals surface area contributed by atoms with Crippen LogP contribution in [-0.2, 0) is 0 Å². The van der Waals surface area contributed by atoms with Crippen molar-refractivity contribution in [3.63, 3.8) is 0 Å². The summed E-state index contributed by atoms with van der Waals surface area (Å²) in [4.78, 5) is 23.6. The summed E-state index contributed by atoms with van der Waals surface area (Å²) in [7, 11) is 1.63. The van der Waals surface area contributed by atoms with Crippen LogP contribution in [0.25, 0.3) is 0 Å². The molecule has 1 aliphatic rings. The summed E-state index contributed by atoms with van der Waals surface area (Å²) in [6, 6.07) is 18.2. The predicted molar refractivity (Wildman–Crippen MR) is 118 cm³/mol. The molecular weight excluding hydrogens is 392 g/mol. The summed E-state index contributed by atoms with van der Waals surface area (Å²) in [5, 5.41) is 15.3. The van der Waals surface area contributed by atoms with Gasteiger partial charge in [0.05, 0.1) is 18.7 Å². The van der Waals surface area contributed by atoms with Crippen LogP contribution in [0.15, 0.2) is 60.8 Å². The van der Waals surface area contributed by atoms with E-state index in [0.29, 0.717) is 23.6 Å². The number of methoxy groups -OCH3 is 1. The van der Waals surface area contributed by atoms with Crippen molar-refractivity contribution in [2.24, 2.45) is 0 Å². The molecule has 1 saturated heterocycles. The molecule has 2 aromatic carbocycles. The molecule has 156 valence electrons. The van der Waals surface area contributed by atoms with Gasteiger partial charge in [-0.2, -0.15) is 10.2 Å². The highest BCUT2D eigenvalue weighted by Gasteiger charge is 2.25. The number of benzene rings is 2. The van der Waals surface area contributed by atoms with E-state index in [9.17, 15) is 4.79 Å². The molecule has 1 fully saturated rings. The maximum Gasteiger partial charge on any atom is 0.251 e. The number of carbonyl (C=O) groups excluding carboxylic acids is 1. The molecule has 0 bridgehead atoms. The van der Waals surface area contributed by atoms with Gasteiger partial charge in [0.15, 0.2) is 0 Å². The smallest absolute Gasteiger partial charge is 0.251 e. The molecule has 1 aliphatic heterocycles. The summed E-state index contributed by atoms with van der Waals surface area (Å²) >= 11 is 0. The summed E-state index contributed by atoms with van der Waals surface area (Å²) in [6.07, 6.45) is 2.53. The number of hydrogen-bond acceptors (Lipinski definition) is 7. The third-order valence-electron chi connectivity index (χ3n) is 5.09. The largest absolute Gasteiger partial charge is 0.497 e. The number of nitriles is 1. The van der Waals surface area contributed by atoms with E-state index in [-0.39, 0.29) is 11.9 Å². The number of nitrogens with one attached hydrogen (secondary N) is 2. The Morgan fingerprint density at radius 2 is 2.06 bits per heavy atom. The molecule has 8 heteroatoms. The maximum absolute atomic E-state index is 12.5. The molecule has 3 aromatic rings. The van der Waals surface area contributed by atoms with Crippen LogP contribution in [0.5, 0.6) is 5.75 Å². The zero-order chi connectivity index (χ0) is 21.6. The minimum Gasteiger partial charge on any atom is -0.497 e. The highest BCUT2D eigenvalue weighted by Crippen LogP contribution is 2.22. The van der Waals surface area contributed by atoms with Crippen LogP contribution in [0.3, 0.4) is 0 Å². The van der Waals surface area contributed by atoms with Gasteiger partial charge in [0.25, 0.3) is 5.91 Å². The van der Waals surface area contributed by atoms with E-state index in [2.05, 4.69) is 31.6 Å². The third kappa shape index (κ3) is 4.90. The Bertz CT molecular complexity index is 1110. The molecule has 0 aliphatic carbocycles. The molecule has 2 heterocycles. The van der Waals surface area contributed by atoms with Crippen LogP contribution >= 0.6 is 0 Å². The second-order valence-electron chi connectivity index (χ2n) is 7.19. The topological polar surface area (TPSA) is 103 Å². The lowest BCUT2D eigenvalue weighted by Crippen LogP contribution is -2.37. The Morgan fingerprint density at radius 3 is 2.84 bits per heavy atom. The Balaban J connectivity index is 1.38. The number of amides is 1. The van der Waals surface area contributed by atoms with E-state index in [1.54, 1.807) is 37.6 Å². The Labute approximate surface area is 180 Å². The molecule has 1 unspecified atom stereocenters. The average molecular weight is 414 g/mol. The van der Waals surface area contributed by atoms with Gasteiger partial charge in [0.2, 0.25) is 5.95 Å². The lowest BCUT2D eigenvalue weighted by Gasteiger charge is -2.18. The molecule has 1 amide bonds. The predicted octanol–water partition coefficient (Wildman–Crippen LogP) is 3.11. The SMILES string of the molecule is COc1ccc(Nc2nccc(N3CCC(NC(=O)c4cccc(C#N)c4)C3)n2)cc1. The molecule has 0 saturated carbocycles. The second-order valence-corrected chi connectivity index (χ2v) is 7.19. The molecule has 4 rings (SSSR count). The fourth-order valence-corrected chi connectivity index (χ4v) is 3.47. The monoisotopic (exact) mass is 414 g/mol. The van der Waals surface area contributed by atoms with Crippen LogP contribution in [0.4, 0.5) is 17.5 Å². The van der Waals surface area contributed by atoms with Crippen molar-refractivity contribution in [2.45, 2.75) is 12.5 Å². The zero-order valence-electron chi connectivity index (χ0n) is 17.1. The summed E-state index contributed by atoms with van der Waals surface area (Å²) < 4.78 is 5.17. The Kier molecular flexibility index (Phi) is 5.94. The van der Waals surface area contributed by atoms with Gasteiger partial charge in [-0.05, 0) is 55.0 Å². The van der Waals surface area contributed by atoms with Crippen molar-refractivity contribution in [3.8, 4) is 11.8 Å². The minimum absolute atomic E-state index is 0.00574. The fourth-order valence-electron chi connectivity index (χ4n) is 3.47. The van der Waals surface area contributed by atoms with E-state index in [1.165, 1.54) is 0 Å². The van der Waals surface area contributed by atoms with Gasteiger partial charge in [-0.25, -0.2) is 4.98 Å². The van der Waals surface area contributed by atoms with Crippen molar-refractivity contribution in [1.29, 1.82) is 5.26 Å². The molecule has 1 atom stereocenters. The van der Waals surface area contributed by atoms with Crippen LogP contribution in [0, 0.1) is 11.3 Å². The lowest BCUT2D eigenvalue weighted by atomic mass is 10.1. The van der Waals surface area contributed by atoms with Crippen LogP contribution in [-0.4, -0.2) is 42.1 Å². The van der Waals surface area contributed by atoms with Crippen LogP contribution in [0.1, 0.15) is 22.3 Å². The first-order chi connectivity index (χ1) is 15.1. The number of hydrogen-bond donors (Lipinski definition) is 2. The minimum atomic E-state index is -0.173. The van der Waals surface area contributed by atoms with Crippen LogP contribution in [0.2, 0.25) is 0 Å². The molecular formula is C23H22N6O2. The Morgan fingerprint density at radius 1 is 1.23 bits per heavy atom. The first-order valence-corrected chi connectivity index (χ1v) is 9.95. The van der Waals surface area contributed by atoms with Gasteiger partial charge in [0, 0.05) is 36.6 Å². The summed E-state index contributed by atoms with van der Waals surface area (Å²) in [6.45, 7) is 1.44. The van der Waals surface area contributed by atoms with Crippen molar-refractivity contribution in [2.75, 3.05) is 30.4 Å². The van der Waals surface area contributed by atoms with Gasteiger partial charge in [-0.1, -0.05) is 6.07 Å². The van der Waals surface area contributed by atoms with Crippen LogP contribution < -0.4 is 20.3 Å². The van der Waals surface area contributed by atoms with Crippen molar-refractivity contribution in [1.82, 2.24) is 15.3 Å². The van der Waals surface area contributed by atoms with E-state index < -0.39 is 0 Å². The highest BCUT2D eigenvalue weighted by atomic mass is 16.5. The second kappa shape index (κ2) is 9.13. The maximum atomic E-state index is 12.5. The van der Waals surface area contributed by atoms with E-state index in [4.69, 9.17) is 10.00 Å². The summed E-state index contributed by atoms with van der Waals surface area (Å²) in [5.41, 5.74) is 1.83. The fraction of sp³-hybridized carbons (Fsp3) is 0.217. The number of nitrogens with zero attached hydrogens (tertiary/aromatic N) is 4. The number of aromatic nitrogens is 2. The Hall–Kier alpha value is -4.12. The normalized spacial score (nSPS) is 15.2. The van der Waals surface area contributed by atoms with Gasteiger partial charge in [-0.15, -0.1) is 0 Å².